The van der Waals surface area contributed by atoms with E-state index in [1.165, 1.54) is 6.26 Å². The van der Waals surface area contributed by atoms with Crippen LogP contribution < -0.4 is 15.8 Å². The van der Waals surface area contributed by atoms with Crippen LogP contribution in [0.2, 0.25) is 0 Å². The van der Waals surface area contributed by atoms with Gasteiger partial charge in [0.15, 0.2) is 0 Å². The van der Waals surface area contributed by atoms with Gasteiger partial charge in [0, 0.05) is 29.6 Å². The number of hydrogen-bond donors (Lipinski definition) is 2. The lowest BCUT2D eigenvalue weighted by Crippen LogP contribution is -2.42. The molecule has 0 aliphatic carbocycles. The van der Waals surface area contributed by atoms with Gasteiger partial charge in [0.25, 0.3) is 0 Å². The number of pyridine rings is 3. The summed E-state index contributed by atoms with van der Waals surface area (Å²) in [6.45, 7) is 11.6. The normalized spacial score (nSPS) is 19.1. The van der Waals surface area contributed by atoms with Crippen molar-refractivity contribution < 1.29 is 22.7 Å². The molecule has 210 valence electrons. The summed E-state index contributed by atoms with van der Waals surface area (Å²) in [7, 11) is -3.11. The number of nitrogens with zero attached hydrogens (tertiary/aromatic N) is 3. The van der Waals surface area contributed by atoms with Crippen molar-refractivity contribution in [2.75, 3.05) is 17.3 Å². The number of fused-ring (bicyclic) bond motifs is 2. The first-order valence-electron chi connectivity index (χ1n) is 13.0. The van der Waals surface area contributed by atoms with Crippen LogP contribution in [0, 0.1) is 0 Å². The number of rotatable bonds is 9. The van der Waals surface area contributed by atoms with Gasteiger partial charge in [-0.25, -0.2) is 28.2 Å². The highest BCUT2D eigenvalue weighted by atomic mass is 32.2. The van der Waals surface area contributed by atoms with Crippen molar-refractivity contribution in [3.8, 4) is 5.88 Å². The van der Waals surface area contributed by atoms with Gasteiger partial charge in [-0.3, -0.25) is 0 Å². The van der Waals surface area contributed by atoms with Crippen molar-refractivity contribution >= 4 is 38.2 Å². The number of carbonyl (C=O) groups is 1. The number of anilines is 2. The second kappa shape index (κ2) is 10.3. The largest absolute Gasteiger partial charge is 0.474 e. The monoisotopic (exact) mass is 555 g/mol. The van der Waals surface area contributed by atoms with E-state index in [-0.39, 0.29) is 23.9 Å². The number of nitrogens with one attached hydrogen (secondary N) is 1. The highest BCUT2D eigenvalue weighted by Crippen LogP contribution is 2.37. The molecular weight excluding hydrogens is 518 g/mol. The molecule has 0 bridgehead atoms. The SMILES string of the molecule is CC[C@@](C)(N)c1cnc(O[C@H](C)CCS(C)(=O)=O)c2cnc(Nc3ccc4c(n3)C(C)(C)[C@H](C)OC4=O)cc12. The van der Waals surface area contributed by atoms with Gasteiger partial charge in [0.2, 0.25) is 5.88 Å². The minimum atomic E-state index is -3.11. The molecule has 4 rings (SSSR count). The second-order valence-electron chi connectivity index (χ2n) is 11.2. The zero-order chi connectivity index (χ0) is 28.8. The van der Waals surface area contributed by atoms with Gasteiger partial charge < -0.3 is 20.5 Å². The zero-order valence-electron chi connectivity index (χ0n) is 23.5. The molecule has 0 aromatic carbocycles. The van der Waals surface area contributed by atoms with Crippen LogP contribution in [0.5, 0.6) is 5.88 Å². The molecule has 3 N–H and O–H groups in total. The summed E-state index contributed by atoms with van der Waals surface area (Å²) >= 11 is 0. The molecule has 0 radical (unpaired) electrons. The van der Waals surface area contributed by atoms with E-state index in [0.717, 1.165) is 10.9 Å². The number of ether oxygens (including phenoxy) is 2. The van der Waals surface area contributed by atoms with E-state index in [9.17, 15) is 13.2 Å². The fourth-order valence-electron chi connectivity index (χ4n) is 4.43. The molecule has 0 unspecified atom stereocenters. The van der Waals surface area contributed by atoms with Crippen molar-refractivity contribution in [1.29, 1.82) is 0 Å². The lowest BCUT2D eigenvalue weighted by Gasteiger charge is -2.36. The summed E-state index contributed by atoms with van der Waals surface area (Å²) < 4.78 is 34.7. The van der Waals surface area contributed by atoms with E-state index in [1.807, 2.05) is 47.6 Å². The van der Waals surface area contributed by atoms with E-state index in [0.29, 0.717) is 47.0 Å². The average molecular weight is 556 g/mol. The number of nitrogens with two attached hydrogens (primary N) is 1. The van der Waals surface area contributed by atoms with Gasteiger partial charge in [-0.1, -0.05) is 20.8 Å². The lowest BCUT2D eigenvalue weighted by atomic mass is 9.79. The van der Waals surface area contributed by atoms with E-state index in [4.69, 9.17) is 20.2 Å². The Kier molecular flexibility index (Phi) is 7.61. The predicted molar refractivity (Wildman–Crippen MR) is 151 cm³/mol. The summed E-state index contributed by atoms with van der Waals surface area (Å²) in [6, 6.07) is 5.32. The molecule has 39 heavy (non-hydrogen) atoms. The number of hydrogen-bond acceptors (Lipinski definition) is 10. The number of esters is 1. The summed E-state index contributed by atoms with van der Waals surface area (Å²) in [6.07, 6.45) is 4.91. The molecule has 11 heteroatoms. The predicted octanol–water partition coefficient (Wildman–Crippen LogP) is 4.39. The number of cyclic esters (lactones) is 1. The number of aromatic nitrogens is 3. The van der Waals surface area contributed by atoms with Gasteiger partial charge in [0.05, 0.1) is 28.5 Å². The van der Waals surface area contributed by atoms with Crippen molar-refractivity contribution in [3.63, 3.8) is 0 Å². The third kappa shape index (κ3) is 5.99. The maximum Gasteiger partial charge on any atom is 0.340 e. The molecule has 0 saturated carbocycles. The lowest BCUT2D eigenvalue weighted by molar-refractivity contribution is 0.00864. The van der Waals surface area contributed by atoms with Crippen LogP contribution in [0.4, 0.5) is 11.6 Å². The molecule has 3 aromatic heterocycles. The van der Waals surface area contributed by atoms with Crippen LogP contribution in [-0.4, -0.2) is 53.6 Å². The maximum atomic E-state index is 12.4. The number of sulfone groups is 1. The second-order valence-corrected chi connectivity index (χ2v) is 13.5. The summed E-state index contributed by atoms with van der Waals surface area (Å²) in [5, 5.41) is 4.75. The molecular formula is C28H37N5O5S. The quantitative estimate of drug-likeness (QED) is 0.364. The smallest absolute Gasteiger partial charge is 0.340 e. The van der Waals surface area contributed by atoms with Crippen molar-refractivity contribution in [2.45, 2.75) is 77.5 Å². The molecule has 0 fully saturated rings. The van der Waals surface area contributed by atoms with Gasteiger partial charge in [-0.05, 0) is 62.8 Å². The third-order valence-corrected chi connectivity index (χ3v) is 8.55. The van der Waals surface area contributed by atoms with E-state index < -0.39 is 20.8 Å². The Bertz CT molecular complexity index is 1520. The van der Waals surface area contributed by atoms with Crippen LogP contribution in [0.3, 0.4) is 0 Å². The van der Waals surface area contributed by atoms with Crippen LogP contribution >= 0.6 is 0 Å². The fraction of sp³-hybridized carbons (Fsp3) is 0.500. The Labute approximate surface area is 229 Å². The molecule has 3 atom stereocenters. The topological polar surface area (TPSA) is 146 Å². The van der Waals surface area contributed by atoms with Crippen molar-refractivity contribution in [3.05, 3.63) is 47.4 Å². The highest BCUT2D eigenvalue weighted by molar-refractivity contribution is 7.90. The Morgan fingerprint density at radius 3 is 2.59 bits per heavy atom. The van der Waals surface area contributed by atoms with Gasteiger partial charge in [-0.15, -0.1) is 0 Å². The molecule has 1 aliphatic rings. The highest BCUT2D eigenvalue weighted by Gasteiger charge is 2.41. The van der Waals surface area contributed by atoms with E-state index >= 15 is 0 Å². The average Bonchev–Trinajstić information content (AvgIpc) is 2.86. The Morgan fingerprint density at radius 2 is 1.92 bits per heavy atom. The van der Waals surface area contributed by atoms with Gasteiger partial charge >= 0.3 is 5.97 Å². The first kappa shape index (κ1) is 28.7. The minimum Gasteiger partial charge on any atom is -0.474 e. The Balaban J connectivity index is 1.72. The van der Waals surface area contributed by atoms with Crippen molar-refractivity contribution in [1.82, 2.24) is 15.0 Å². The van der Waals surface area contributed by atoms with Crippen LogP contribution in [0.1, 0.15) is 76.0 Å². The van der Waals surface area contributed by atoms with E-state index in [2.05, 4.69) is 15.3 Å². The summed E-state index contributed by atoms with van der Waals surface area (Å²) in [5.74, 6) is 1.09. The van der Waals surface area contributed by atoms with Crippen LogP contribution in [0.25, 0.3) is 10.8 Å². The number of carbonyl (C=O) groups excluding carboxylic acids is 1. The van der Waals surface area contributed by atoms with Gasteiger partial charge in [-0.2, -0.15) is 0 Å². The third-order valence-electron chi connectivity index (χ3n) is 7.57. The first-order chi connectivity index (χ1) is 18.1. The molecule has 4 heterocycles. The molecule has 3 aromatic rings. The minimum absolute atomic E-state index is 0.0221. The molecule has 0 saturated heterocycles. The molecule has 0 spiro atoms. The van der Waals surface area contributed by atoms with Gasteiger partial charge in [0.1, 0.15) is 27.6 Å². The van der Waals surface area contributed by atoms with Crippen LogP contribution in [-0.2, 0) is 25.5 Å². The summed E-state index contributed by atoms with van der Waals surface area (Å²) in [4.78, 5) is 26.3. The molecule has 10 nitrogen and oxygen atoms in total. The van der Waals surface area contributed by atoms with Crippen molar-refractivity contribution in [2.24, 2.45) is 5.73 Å². The molecule has 1 aliphatic heterocycles. The Hall–Kier alpha value is -3.31. The zero-order valence-corrected chi connectivity index (χ0v) is 24.3. The first-order valence-corrected chi connectivity index (χ1v) is 15.1. The fourth-order valence-corrected chi connectivity index (χ4v) is 5.19. The van der Waals surface area contributed by atoms with E-state index in [1.54, 1.807) is 24.5 Å². The summed E-state index contributed by atoms with van der Waals surface area (Å²) in [5.41, 5.74) is 7.48. The maximum absolute atomic E-state index is 12.4. The van der Waals surface area contributed by atoms with Crippen LogP contribution in [0.15, 0.2) is 30.6 Å². The standard InChI is InChI=1S/C28H37N5O5S/c1-8-28(6,29)21-15-31-25(37-16(2)11-12-39(7,35)36)20-14-30-23(13-19(20)21)32-22-10-9-18-24(33-22)27(4,5)17(3)38-26(18)34/h9-10,13-17H,8,11-12,29H2,1-7H3,(H,30,32,33)/t16-,17+,28-/m1/s1. The molecule has 0 amide bonds. The Morgan fingerprint density at radius 1 is 1.21 bits per heavy atom.